The van der Waals surface area contributed by atoms with Gasteiger partial charge in [-0.1, -0.05) is 98.3 Å². The van der Waals surface area contributed by atoms with Crippen LogP contribution in [0, 0.1) is 6.92 Å². The van der Waals surface area contributed by atoms with E-state index in [9.17, 15) is 14.7 Å². The van der Waals surface area contributed by atoms with Crippen LogP contribution in [0.15, 0.2) is 84.4 Å². The molecule has 3 aromatic rings. The summed E-state index contributed by atoms with van der Waals surface area (Å²) in [5.74, 6) is -0.971. The first-order valence-electron chi connectivity index (χ1n) is 11.4. The number of Topliss-reactive ketones (excluding diaryl/α,β-unsaturated/α-hetero) is 1. The van der Waals surface area contributed by atoms with E-state index in [1.807, 2.05) is 73.7 Å². The molecule has 4 nitrogen and oxygen atoms in total. The smallest absolute Gasteiger partial charge is 0.295 e. The predicted octanol–water partition coefficient (Wildman–Crippen LogP) is 5.78. The zero-order chi connectivity index (χ0) is 23.5. The van der Waals surface area contributed by atoms with Crippen molar-refractivity contribution in [3.8, 4) is 0 Å². The number of hydrogen-bond acceptors (Lipinski definition) is 3. The minimum atomic E-state index is -0.640. The van der Waals surface area contributed by atoms with Crippen molar-refractivity contribution >= 4 is 17.4 Å². The highest BCUT2D eigenvalue weighted by Crippen LogP contribution is 2.39. The Morgan fingerprint density at radius 1 is 0.909 bits per heavy atom. The lowest BCUT2D eigenvalue weighted by molar-refractivity contribution is -0.139. The molecule has 0 radical (unpaired) electrons. The van der Waals surface area contributed by atoms with E-state index in [4.69, 9.17) is 0 Å². The molecule has 1 amide bonds. The van der Waals surface area contributed by atoms with E-state index in [0.29, 0.717) is 24.4 Å². The van der Waals surface area contributed by atoms with Crippen LogP contribution >= 0.6 is 0 Å². The number of amides is 1. The van der Waals surface area contributed by atoms with Gasteiger partial charge in [0.25, 0.3) is 11.7 Å². The van der Waals surface area contributed by atoms with E-state index in [0.717, 1.165) is 16.7 Å². The second-order valence-electron chi connectivity index (χ2n) is 8.92. The number of likely N-dealkylation sites (tertiary alicyclic amines) is 1. The minimum Gasteiger partial charge on any atom is -0.507 e. The van der Waals surface area contributed by atoms with Gasteiger partial charge in [-0.3, -0.25) is 9.59 Å². The third-order valence-corrected chi connectivity index (χ3v) is 6.27. The summed E-state index contributed by atoms with van der Waals surface area (Å²) in [6.07, 6.45) is 0.624. The number of aliphatic hydroxyl groups excluding tert-OH is 1. The van der Waals surface area contributed by atoms with Crippen molar-refractivity contribution in [2.75, 3.05) is 6.54 Å². The van der Waals surface area contributed by atoms with Crippen LogP contribution in [0.5, 0.6) is 0 Å². The fraction of sp³-hybridized carbons (Fsp3) is 0.241. The Balaban J connectivity index is 1.78. The summed E-state index contributed by atoms with van der Waals surface area (Å²) >= 11 is 0. The van der Waals surface area contributed by atoms with Crippen molar-refractivity contribution in [3.05, 3.63) is 112 Å². The van der Waals surface area contributed by atoms with Crippen LogP contribution in [0.4, 0.5) is 0 Å². The van der Waals surface area contributed by atoms with Crippen LogP contribution in [0.2, 0.25) is 0 Å². The molecule has 1 unspecified atom stereocenters. The molecular formula is C29H29NO3. The average Bonchev–Trinajstić information content (AvgIpc) is 3.08. The molecule has 1 atom stereocenters. The Kier molecular flexibility index (Phi) is 6.45. The van der Waals surface area contributed by atoms with Crippen molar-refractivity contribution in [3.63, 3.8) is 0 Å². The SMILES string of the molecule is Cc1ccc(/C(O)=C2\C(=O)C(=O)N(CCc3ccccc3)C2c2ccc(C(C)C)cc2)cc1. The molecule has 0 saturated carbocycles. The Bertz CT molecular complexity index is 1180. The minimum absolute atomic E-state index is 0.131. The summed E-state index contributed by atoms with van der Waals surface area (Å²) in [4.78, 5) is 27.9. The molecule has 1 heterocycles. The summed E-state index contributed by atoms with van der Waals surface area (Å²) in [6.45, 7) is 6.59. The first kappa shape index (κ1) is 22.5. The monoisotopic (exact) mass is 439 g/mol. The second kappa shape index (κ2) is 9.45. The van der Waals surface area contributed by atoms with E-state index in [1.54, 1.807) is 17.0 Å². The number of nitrogens with zero attached hydrogens (tertiary/aromatic N) is 1. The number of hydrogen-bond donors (Lipinski definition) is 1. The average molecular weight is 440 g/mol. The molecule has 3 aromatic carbocycles. The van der Waals surface area contributed by atoms with E-state index in [2.05, 4.69) is 13.8 Å². The Labute approximate surface area is 195 Å². The molecule has 0 aromatic heterocycles. The van der Waals surface area contributed by atoms with Gasteiger partial charge in [0.15, 0.2) is 0 Å². The normalized spacial score (nSPS) is 17.7. The topological polar surface area (TPSA) is 57.6 Å². The van der Waals surface area contributed by atoms with Gasteiger partial charge in [-0.25, -0.2) is 0 Å². The molecule has 0 spiro atoms. The van der Waals surface area contributed by atoms with Gasteiger partial charge in [-0.05, 0) is 36.0 Å². The number of carbonyl (C=O) groups is 2. The van der Waals surface area contributed by atoms with Crippen molar-refractivity contribution in [1.82, 2.24) is 4.90 Å². The van der Waals surface area contributed by atoms with Crippen molar-refractivity contribution in [2.45, 2.75) is 39.2 Å². The molecule has 1 fully saturated rings. The second-order valence-corrected chi connectivity index (χ2v) is 8.92. The largest absolute Gasteiger partial charge is 0.507 e. The van der Waals surface area contributed by atoms with E-state index in [-0.39, 0.29) is 11.3 Å². The molecule has 1 saturated heterocycles. The summed E-state index contributed by atoms with van der Waals surface area (Å²) in [5, 5.41) is 11.2. The molecule has 168 valence electrons. The van der Waals surface area contributed by atoms with Crippen LogP contribution in [0.1, 0.15) is 53.6 Å². The van der Waals surface area contributed by atoms with Gasteiger partial charge in [0, 0.05) is 12.1 Å². The Morgan fingerprint density at radius 2 is 1.55 bits per heavy atom. The van der Waals surface area contributed by atoms with Crippen LogP contribution in [0.3, 0.4) is 0 Å². The number of aliphatic hydroxyl groups is 1. The Hall–Kier alpha value is -3.66. The van der Waals surface area contributed by atoms with E-state index < -0.39 is 17.7 Å². The highest BCUT2D eigenvalue weighted by atomic mass is 16.3. The van der Waals surface area contributed by atoms with Crippen LogP contribution < -0.4 is 0 Å². The molecule has 0 bridgehead atoms. The predicted molar refractivity (Wildman–Crippen MR) is 131 cm³/mol. The lowest BCUT2D eigenvalue weighted by Gasteiger charge is -2.26. The quantitative estimate of drug-likeness (QED) is 0.301. The Morgan fingerprint density at radius 3 is 2.15 bits per heavy atom. The van der Waals surface area contributed by atoms with Crippen molar-refractivity contribution < 1.29 is 14.7 Å². The highest BCUT2D eigenvalue weighted by Gasteiger charge is 2.45. The van der Waals surface area contributed by atoms with Crippen LogP contribution in [0.25, 0.3) is 5.76 Å². The summed E-state index contributed by atoms with van der Waals surface area (Å²) in [5.41, 5.74) is 4.82. The molecule has 0 aliphatic carbocycles. The molecule has 4 rings (SSSR count). The highest BCUT2D eigenvalue weighted by molar-refractivity contribution is 6.46. The molecule has 4 heteroatoms. The fourth-order valence-corrected chi connectivity index (χ4v) is 4.28. The zero-order valence-corrected chi connectivity index (χ0v) is 19.3. The fourth-order valence-electron chi connectivity index (χ4n) is 4.28. The van der Waals surface area contributed by atoms with Gasteiger partial charge in [-0.2, -0.15) is 0 Å². The third-order valence-electron chi connectivity index (χ3n) is 6.27. The van der Waals surface area contributed by atoms with Gasteiger partial charge < -0.3 is 10.0 Å². The number of benzene rings is 3. The third kappa shape index (κ3) is 4.61. The van der Waals surface area contributed by atoms with Crippen LogP contribution in [-0.4, -0.2) is 28.2 Å². The van der Waals surface area contributed by atoms with E-state index >= 15 is 0 Å². The molecular weight excluding hydrogens is 410 g/mol. The molecule has 33 heavy (non-hydrogen) atoms. The number of carbonyl (C=O) groups excluding carboxylic acids is 2. The lowest BCUT2D eigenvalue weighted by Crippen LogP contribution is -2.31. The van der Waals surface area contributed by atoms with E-state index in [1.165, 1.54) is 5.56 Å². The van der Waals surface area contributed by atoms with Crippen LogP contribution in [-0.2, 0) is 16.0 Å². The number of ketones is 1. The molecule has 1 aliphatic heterocycles. The zero-order valence-electron chi connectivity index (χ0n) is 19.3. The summed E-state index contributed by atoms with van der Waals surface area (Å²) < 4.78 is 0. The van der Waals surface area contributed by atoms with Gasteiger partial charge in [-0.15, -0.1) is 0 Å². The van der Waals surface area contributed by atoms with Gasteiger partial charge in [0.1, 0.15) is 5.76 Å². The summed E-state index contributed by atoms with van der Waals surface area (Å²) in [7, 11) is 0. The number of aryl methyl sites for hydroxylation is 1. The maximum Gasteiger partial charge on any atom is 0.295 e. The van der Waals surface area contributed by atoms with Crippen molar-refractivity contribution in [2.24, 2.45) is 0 Å². The number of rotatable bonds is 6. The maximum atomic E-state index is 13.2. The standard InChI is InChI=1S/C29H29NO3/c1-19(2)22-13-15-23(16-14-22)26-25(27(31)24-11-9-20(3)10-12-24)28(32)29(33)30(26)18-17-21-7-5-4-6-8-21/h4-16,19,26,31H,17-18H2,1-3H3/b27-25+. The van der Waals surface area contributed by atoms with Gasteiger partial charge in [0.2, 0.25) is 0 Å². The first-order valence-corrected chi connectivity index (χ1v) is 11.4. The first-order chi connectivity index (χ1) is 15.9. The van der Waals surface area contributed by atoms with Crippen molar-refractivity contribution in [1.29, 1.82) is 0 Å². The molecule has 1 N–H and O–H groups in total. The van der Waals surface area contributed by atoms with Gasteiger partial charge in [0.05, 0.1) is 11.6 Å². The van der Waals surface area contributed by atoms with Gasteiger partial charge >= 0.3 is 0 Å². The maximum absolute atomic E-state index is 13.2. The summed E-state index contributed by atoms with van der Waals surface area (Å²) in [6, 6.07) is 24.6. The molecule has 1 aliphatic rings. The lowest BCUT2D eigenvalue weighted by atomic mass is 9.93.